The fourth-order valence-electron chi connectivity index (χ4n) is 1.87. The number of nitro benzene ring substituents is 1. The Morgan fingerprint density at radius 1 is 1.55 bits per heavy atom. The van der Waals surface area contributed by atoms with Gasteiger partial charge in [-0.2, -0.15) is 5.26 Å². The van der Waals surface area contributed by atoms with Crippen LogP contribution in [0.15, 0.2) is 23.6 Å². The lowest BCUT2D eigenvalue weighted by atomic mass is 10.1. The number of rotatable bonds is 4. The maximum absolute atomic E-state index is 11.1. The topological polar surface area (TPSA) is 83.1 Å². The fourth-order valence-corrected chi connectivity index (χ4v) is 2.47. The van der Waals surface area contributed by atoms with Crippen LogP contribution < -0.4 is 4.90 Å². The molecule has 0 unspecified atom stereocenters. The monoisotopic (exact) mass is 288 g/mol. The standard InChI is InChI=1S/C13H12N4O2S/c1-9-15-11(8-20-9)7-16(2)12-4-3-10(6-14)5-13(12)17(18)19/h3-5,8H,7H2,1-2H3. The van der Waals surface area contributed by atoms with Crippen LogP contribution >= 0.6 is 11.3 Å². The van der Waals surface area contributed by atoms with E-state index in [9.17, 15) is 10.1 Å². The summed E-state index contributed by atoms with van der Waals surface area (Å²) in [6, 6.07) is 6.37. The average Bonchev–Trinajstić information content (AvgIpc) is 2.83. The number of anilines is 1. The van der Waals surface area contributed by atoms with Crippen molar-refractivity contribution < 1.29 is 4.92 Å². The van der Waals surface area contributed by atoms with Gasteiger partial charge in [0.2, 0.25) is 0 Å². The molecule has 6 nitrogen and oxygen atoms in total. The van der Waals surface area contributed by atoms with Gasteiger partial charge in [-0.3, -0.25) is 10.1 Å². The van der Waals surface area contributed by atoms with Gasteiger partial charge in [-0.05, 0) is 19.1 Å². The van der Waals surface area contributed by atoms with Gasteiger partial charge in [-0.1, -0.05) is 0 Å². The minimum atomic E-state index is -0.473. The van der Waals surface area contributed by atoms with Gasteiger partial charge in [0.05, 0.1) is 33.8 Å². The summed E-state index contributed by atoms with van der Waals surface area (Å²) in [5.41, 5.74) is 1.55. The molecule has 1 aromatic heterocycles. The highest BCUT2D eigenvalue weighted by atomic mass is 32.1. The van der Waals surface area contributed by atoms with Crippen LogP contribution in [0.25, 0.3) is 0 Å². The van der Waals surface area contributed by atoms with Crippen LogP contribution in [-0.4, -0.2) is 17.0 Å². The molecule has 102 valence electrons. The first-order chi connectivity index (χ1) is 9.51. The summed E-state index contributed by atoms with van der Waals surface area (Å²) in [4.78, 5) is 16.7. The van der Waals surface area contributed by atoms with Gasteiger partial charge in [0.1, 0.15) is 5.69 Å². The lowest BCUT2D eigenvalue weighted by molar-refractivity contribution is -0.384. The summed E-state index contributed by atoms with van der Waals surface area (Å²) in [7, 11) is 1.77. The molecule has 7 heteroatoms. The van der Waals surface area contributed by atoms with Crippen LogP contribution in [0.5, 0.6) is 0 Å². The first kappa shape index (κ1) is 14.0. The van der Waals surface area contributed by atoms with Gasteiger partial charge in [-0.15, -0.1) is 11.3 Å². The van der Waals surface area contributed by atoms with Crippen LogP contribution in [0.3, 0.4) is 0 Å². The molecule has 0 fully saturated rings. The van der Waals surface area contributed by atoms with Crippen molar-refractivity contribution in [3.05, 3.63) is 50.0 Å². The quantitative estimate of drug-likeness (QED) is 0.638. The van der Waals surface area contributed by atoms with Crippen molar-refractivity contribution >= 4 is 22.7 Å². The normalized spacial score (nSPS) is 10.1. The van der Waals surface area contributed by atoms with Gasteiger partial charge < -0.3 is 4.90 Å². The van der Waals surface area contributed by atoms with E-state index in [1.807, 2.05) is 18.4 Å². The van der Waals surface area contributed by atoms with Crippen molar-refractivity contribution in [3.8, 4) is 6.07 Å². The van der Waals surface area contributed by atoms with E-state index in [0.717, 1.165) is 10.7 Å². The zero-order chi connectivity index (χ0) is 14.7. The molecule has 0 N–H and O–H groups in total. The third-order valence-corrected chi connectivity index (χ3v) is 3.60. The second-order valence-electron chi connectivity index (χ2n) is 4.29. The van der Waals surface area contributed by atoms with E-state index in [1.54, 1.807) is 35.4 Å². The molecular weight excluding hydrogens is 276 g/mol. The third kappa shape index (κ3) is 2.92. The smallest absolute Gasteiger partial charge is 0.293 e. The Hall–Kier alpha value is -2.46. The van der Waals surface area contributed by atoms with E-state index < -0.39 is 4.92 Å². The molecule has 20 heavy (non-hydrogen) atoms. The van der Waals surface area contributed by atoms with Crippen molar-refractivity contribution in [2.75, 3.05) is 11.9 Å². The van der Waals surface area contributed by atoms with Gasteiger partial charge in [0.15, 0.2) is 0 Å². The second-order valence-corrected chi connectivity index (χ2v) is 5.35. The predicted molar refractivity (Wildman–Crippen MR) is 76.8 cm³/mol. The van der Waals surface area contributed by atoms with E-state index in [0.29, 0.717) is 12.2 Å². The first-order valence-electron chi connectivity index (χ1n) is 5.82. The summed E-state index contributed by atoms with van der Waals surface area (Å²) < 4.78 is 0. The Balaban J connectivity index is 2.31. The molecule has 0 saturated carbocycles. The van der Waals surface area contributed by atoms with E-state index in [4.69, 9.17) is 5.26 Å². The average molecular weight is 288 g/mol. The summed E-state index contributed by atoms with van der Waals surface area (Å²) >= 11 is 1.54. The zero-order valence-corrected chi connectivity index (χ0v) is 11.8. The summed E-state index contributed by atoms with van der Waals surface area (Å²) in [6.45, 7) is 2.40. The zero-order valence-electron chi connectivity index (χ0n) is 11.0. The SMILES string of the molecule is Cc1nc(CN(C)c2ccc(C#N)cc2[N+](=O)[O-])cs1. The highest BCUT2D eigenvalue weighted by Gasteiger charge is 2.18. The largest absolute Gasteiger partial charge is 0.363 e. The summed E-state index contributed by atoms with van der Waals surface area (Å²) in [5, 5.41) is 22.8. The molecular formula is C13H12N4O2S. The Labute approximate surface area is 120 Å². The highest BCUT2D eigenvalue weighted by molar-refractivity contribution is 7.09. The number of nitrogens with zero attached hydrogens (tertiary/aromatic N) is 4. The van der Waals surface area contributed by atoms with Crippen LogP contribution in [0.2, 0.25) is 0 Å². The van der Waals surface area contributed by atoms with E-state index in [-0.39, 0.29) is 11.3 Å². The number of aryl methyl sites for hydroxylation is 1. The number of thiazole rings is 1. The van der Waals surface area contributed by atoms with E-state index in [2.05, 4.69) is 4.98 Å². The molecule has 2 rings (SSSR count). The minimum absolute atomic E-state index is 0.0708. The minimum Gasteiger partial charge on any atom is -0.363 e. The Kier molecular flexibility index (Phi) is 3.96. The molecule has 0 saturated heterocycles. The Bertz CT molecular complexity index is 690. The van der Waals surface area contributed by atoms with Crippen LogP contribution in [0.4, 0.5) is 11.4 Å². The van der Waals surface area contributed by atoms with Crippen molar-refractivity contribution in [3.63, 3.8) is 0 Å². The first-order valence-corrected chi connectivity index (χ1v) is 6.70. The molecule has 2 aromatic rings. The molecule has 0 aliphatic heterocycles. The molecule has 0 atom stereocenters. The fraction of sp³-hybridized carbons (Fsp3) is 0.231. The maximum Gasteiger partial charge on any atom is 0.293 e. The van der Waals surface area contributed by atoms with Crippen LogP contribution in [0.1, 0.15) is 16.3 Å². The molecule has 1 aromatic carbocycles. The molecule has 0 aliphatic rings. The van der Waals surface area contributed by atoms with Gasteiger partial charge >= 0.3 is 0 Å². The number of aromatic nitrogens is 1. The van der Waals surface area contributed by atoms with Crippen molar-refractivity contribution in [1.29, 1.82) is 5.26 Å². The maximum atomic E-state index is 11.1. The molecule has 0 radical (unpaired) electrons. The van der Waals surface area contributed by atoms with Crippen molar-refractivity contribution in [2.24, 2.45) is 0 Å². The van der Waals surface area contributed by atoms with Gasteiger partial charge in [0.25, 0.3) is 5.69 Å². The lowest BCUT2D eigenvalue weighted by Crippen LogP contribution is -2.18. The summed E-state index contributed by atoms with van der Waals surface area (Å²) in [5.74, 6) is 0. The van der Waals surface area contributed by atoms with Crippen LogP contribution in [-0.2, 0) is 6.54 Å². The number of nitro groups is 1. The van der Waals surface area contributed by atoms with Crippen molar-refractivity contribution in [1.82, 2.24) is 4.98 Å². The second kappa shape index (κ2) is 5.67. The number of benzene rings is 1. The molecule has 0 amide bonds. The molecule has 1 heterocycles. The summed E-state index contributed by atoms with van der Waals surface area (Å²) in [6.07, 6.45) is 0. The number of nitriles is 1. The molecule has 0 spiro atoms. The van der Waals surface area contributed by atoms with E-state index in [1.165, 1.54) is 6.07 Å². The number of hydrogen-bond donors (Lipinski definition) is 0. The van der Waals surface area contributed by atoms with Crippen LogP contribution in [0, 0.1) is 28.4 Å². The van der Waals surface area contributed by atoms with Gasteiger partial charge in [0, 0.05) is 18.5 Å². The Morgan fingerprint density at radius 3 is 2.85 bits per heavy atom. The predicted octanol–water partition coefficient (Wildman–Crippen LogP) is 2.87. The van der Waals surface area contributed by atoms with Gasteiger partial charge in [-0.25, -0.2) is 4.98 Å². The highest BCUT2D eigenvalue weighted by Crippen LogP contribution is 2.29. The number of hydrogen-bond acceptors (Lipinski definition) is 6. The Morgan fingerprint density at radius 2 is 2.30 bits per heavy atom. The van der Waals surface area contributed by atoms with E-state index >= 15 is 0 Å². The lowest BCUT2D eigenvalue weighted by Gasteiger charge is -2.18. The third-order valence-electron chi connectivity index (χ3n) is 2.78. The molecule has 0 aliphatic carbocycles. The van der Waals surface area contributed by atoms with Crippen molar-refractivity contribution in [2.45, 2.75) is 13.5 Å². The molecule has 0 bridgehead atoms.